The predicted octanol–water partition coefficient (Wildman–Crippen LogP) is 3.02. The first-order valence-electron chi connectivity index (χ1n) is 9.14. The topological polar surface area (TPSA) is 76.1 Å². The van der Waals surface area contributed by atoms with Crippen molar-refractivity contribution in [3.05, 3.63) is 52.5 Å². The van der Waals surface area contributed by atoms with E-state index in [0.29, 0.717) is 37.8 Å². The van der Waals surface area contributed by atoms with Gasteiger partial charge in [-0.1, -0.05) is 23.7 Å². The van der Waals surface area contributed by atoms with Gasteiger partial charge in [-0.15, -0.1) is 0 Å². The summed E-state index contributed by atoms with van der Waals surface area (Å²) in [6, 6.07) is 9.84. The highest BCUT2D eigenvalue weighted by Gasteiger charge is 2.25. The number of hydrogen-bond acceptors (Lipinski definition) is 5. The van der Waals surface area contributed by atoms with Gasteiger partial charge in [0.25, 0.3) is 5.91 Å². The van der Waals surface area contributed by atoms with Crippen molar-refractivity contribution in [2.24, 2.45) is 0 Å². The lowest BCUT2D eigenvalue weighted by Crippen LogP contribution is -2.31. The highest BCUT2D eigenvalue weighted by Crippen LogP contribution is 2.34. The molecule has 0 spiro atoms. The van der Waals surface area contributed by atoms with E-state index in [0.717, 1.165) is 9.87 Å². The third-order valence-electron chi connectivity index (χ3n) is 4.61. The summed E-state index contributed by atoms with van der Waals surface area (Å²) in [5.41, 5.74) is 1.08. The highest BCUT2D eigenvalue weighted by molar-refractivity contribution is 7.89. The van der Waals surface area contributed by atoms with Crippen molar-refractivity contribution < 1.29 is 22.7 Å². The number of carbonyl (C=O) groups is 1. The van der Waals surface area contributed by atoms with Gasteiger partial charge in [-0.25, -0.2) is 12.7 Å². The van der Waals surface area contributed by atoms with Crippen molar-refractivity contribution in [1.82, 2.24) is 9.21 Å². The summed E-state index contributed by atoms with van der Waals surface area (Å²) < 4.78 is 37.4. The number of benzene rings is 2. The van der Waals surface area contributed by atoms with Gasteiger partial charge < -0.3 is 14.4 Å². The Balaban J connectivity index is 1.91. The van der Waals surface area contributed by atoms with Crippen LogP contribution < -0.4 is 9.47 Å². The van der Waals surface area contributed by atoms with Crippen molar-refractivity contribution >= 4 is 27.5 Å². The third kappa shape index (κ3) is 4.34. The number of sulfonamides is 1. The molecule has 0 aromatic heterocycles. The Morgan fingerprint density at radius 2 is 1.86 bits per heavy atom. The Kier molecular flexibility index (Phi) is 6.36. The quantitative estimate of drug-likeness (QED) is 0.692. The van der Waals surface area contributed by atoms with Crippen molar-refractivity contribution in [3.8, 4) is 11.5 Å². The van der Waals surface area contributed by atoms with Gasteiger partial charge in [0, 0.05) is 38.3 Å². The first-order valence-corrected chi connectivity index (χ1v) is 11.0. The Morgan fingerprint density at radius 3 is 2.55 bits per heavy atom. The van der Waals surface area contributed by atoms with Crippen LogP contribution in [0.5, 0.6) is 11.5 Å². The monoisotopic (exact) mass is 438 g/mol. The SMILES string of the molecule is CCN(Cc1cccc2c1OCCO2)C(=O)c1ccc(Cl)c(S(=O)(=O)N(C)C)c1. The Hall–Kier alpha value is -2.29. The molecule has 29 heavy (non-hydrogen) atoms. The zero-order valence-electron chi connectivity index (χ0n) is 16.5. The van der Waals surface area contributed by atoms with E-state index < -0.39 is 10.0 Å². The van der Waals surface area contributed by atoms with E-state index in [9.17, 15) is 13.2 Å². The number of rotatable bonds is 6. The molecule has 9 heteroatoms. The molecule has 1 aliphatic heterocycles. The van der Waals surface area contributed by atoms with Gasteiger partial charge in [0.2, 0.25) is 10.0 Å². The van der Waals surface area contributed by atoms with Gasteiger partial charge in [-0.2, -0.15) is 0 Å². The molecule has 1 aliphatic rings. The van der Waals surface area contributed by atoms with Crippen LogP contribution >= 0.6 is 11.6 Å². The maximum Gasteiger partial charge on any atom is 0.254 e. The zero-order valence-corrected chi connectivity index (χ0v) is 18.1. The molecule has 0 bridgehead atoms. The summed E-state index contributed by atoms with van der Waals surface area (Å²) in [5, 5.41) is 0.0703. The molecule has 0 aliphatic carbocycles. The highest BCUT2D eigenvalue weighted by atomic mass is 35.5. The summed E-state index contributed by atoms with van der Waals surface area (Å²) in [6.45, 7) is 3.54. The smallest absolute Gasteiger partial charge is 0.254 e. The van der Waals surface area contributed by atoms with Crippen LogP contribution in [0.2, 0.25) is 5.02 Å². The van der Waals surface area contributed by atoms with Crippen molar-refractivity contribution in [1.29, 1.82) is 0 Å². The summed E-state index contributed by atoms with van der Waals surface area (Å²) in [6.07, 6.45) is 0. The van der Waals surface area contributed by atoms with E-state index in [4.69, 9.17) is 21.1 Å². The fraction of sp³-hybridized carbons (Fsp3) is 0.350. The molecule has 0 fully saturated rings. The van der Waals surface area contributed by atoms with Crippen LogP contribution in [0.25, 0.3) is 0 Å². The number of para-hydroxylation sites is 1. The Morgan fingerprint density at radius 1 is 1.14 bits per heavy atom. The number of halogens is 1. The average molecular weight is 439 g/mol. The van der Waals surface area contributed by atoms with Gasteiger partial charge in [0.1, 0.15) is 18.1 Å². The molecule has 2 aromatic carbocycles. The second-order valence-electron chi connectivity index (χ2n) is 6.69. The summed E-state index contributed by atoms with van der Waals surface area (Å²) in [7, 11) is -0.941. The summed E-state index contributed by atoms with van der Waals surface area (Å²) in [5.74, 6) is 0.994. The van der Waals surface area contributed by atoms with Gasteiger partial charge in [0.15, 0.2) is 11.5 Å². The van der Waals surface area contributed by atoms with E-state index in [1.807, 2.05) is 25.1 Å². The molecule has 156 valence electrons. The lowest BCUT2D eigenvalue weighted by atomic mass is 10.1. The Labute approximate surface area is 175 Å². The molecule has 1 heterocycles. The molecule has 0 saturated heterocycles. The number of carbonyl (C=O) groups excluding carboxylic acids is 1. The van der Waals surface area contributed by atoms with Crippen LogP contribution in [-0.2, 0) is 16.6 Å². The Bertz CT molecular complexity index is 1020. The molecule has 3 rings (SSSR count). The van der Waals surface area contributed by atoms with E-state index in [1.54, 1.807) is 4.90 Å². The van der Waals surface area contributed by atoms with Crippen molar-refractivity contribution in [3.63, 3.8) is 0 Å². The van der Waals surface area contributed by atoms with E-state index in [-0.39, 0.29) is 21.4 Å². The maximum atomic E-state index is 13.1. The van der Waals surface area contributed by atoms with Crippen LogP contribution in [0.4, 0.5) is 0 Å². The maximum absolute atomic E-state index is 13.1. The molecule has 0 atom stereocenters. The van der Waals surface area contributed by atoms with Crippen LogP contribution in [0.1, 0.15) is 22.8 Å². The fourth-order valence-electron chi connectivity index (χ4n) is 3.00. The number of fused-ring (bicyclic) bond motifs is 1. The van der Waals surface area contributed by atoms with E-state index >= 15 is 0 Å². The minimum atomic E-state index is -3.77. The van der Waals surface area contributed by atoms with E-state index in [2.05, 4.69) is 0 Å². The number of amides is 1. The molecule has 1 amide bonds. The van der Waals surface area contributed by atoms with Crippen LogP contribution in [0.3, 0.4) is 0 Å². The molecular weight excluding hydrogens is 416 g/mol. The number of hydrogen-bond donors (Lipinski definition) is 0. The minimum Gasteiger partial charge on any atom is -0.486 e. The van der Waals surface area contributed by atoms with Crippen molar-refractivity contribution in [2.75, 3.05) is 33.9 Å². The largest absolute Gasteiger partial charge is 0.486 e. The lowest BCUT2D eigenvalue weighted by Gasteiger charge is -2.25. The first kappa shape index (κ1) is 21.4. The van der Waals surface area contributed by atoms with Crippen molar-refractivity contribution in [2.45, 2.75) is 18.4 Å². The molecule has 0 unspecified atom stereocenters. The number of nitrogens with zero attached hydrogens (tertiary/aromatic N) is 2. The second-order valence-corrected chi connectivity index (χ2v) is 9.22. The molecule has 7 nitrogen and oxygen atoms in total. The summed E-state index contributed by atoms with van der Waals surface area (Å²) in [4.78, 5) is 14.6. The van der Waals surface area contributed by atoms with Crippen LogP contribution in [-0.4, -0.2) is 57.4 Å². The first-order chi connectivity index (χ1) is 13.8. The normalized spacial score (nSPS) is 13.4. The lowest BCUT2D eigenvalue weighted by molar-refractivity contribution is 0.0749. The van der Waals surface area contributed by atoms with Gasteiger partial charge in [-0.05, 0) is 31.2 Å². The van der Waals surface area contributed by atoms with E-state index in [1.165, 1.54) is 32.3 Å². The van der Waals surface area contributed by atoms with Gasteiger partial charge in [-0.3, -0.25) is 4.79 Å². The zero-order chi connectivity index (χ0) is 21.2. The predicted molar refractivity (Wildman–Crippen MR) is 110 cm³/mol. The van der Waals surface area contributed by atoms with Crippen LogP contribution in [0.15, 0.2) is 41.3 Å². The molecule has 0 radical (unpaired) electrons. The average Bonchev–Trinajstić information content (AvgIpc) is 2.71. The van der Waals surface area contributed by atoms with Gasteiger partial charge >= 0.3 is 0 Å². The molecular formula is C20H23ClN2O5S. The third-order valence-corrected chi connectivity index (χ3v) is 6.91. The van der Waals surface area contributed by atoms with Crippen LogP contribution in [0, 0.1) is 0 Å². The standard InChI is InChI=1S/C20H23ClN2O5S/c1-4-23(13-15-6-5-7-17-19(15)28-11-10-27-17)20(24)14-8-9-16(21)18(12-14)29(25,26)22(2)3/h5-9,12H,4,10-11,13H2,1-3H3. The summed E-state index contributed by atoms with van der Waals surface area (Å²) >= 11 is 6.09. The second kappa shape index (κ2) is 8.61. The minimum absolute atomic E-state index is 0.0703. The van der Waals surface area contributed by atoms with Gasteiger partial charge in [0.05, 0.1) is 5.02 Å². The molecule has 0 saturated carbocycles. The molecule has 2 aromatic rings. The number of ether oxygens (including phenoxy) is 2. The molecule has 0 N–H and O–H groups in total. The fourth-order valence-corrected chi connectivity index (χ4v) is 4.40.